The molecule has 3 unspecified atom stereocenters. The molecule has 0 amide bonds. The van der Waals surface area contributed by atoms with E-state index >= 15 is 0 Å². The van der Waals surface area contributed by atoms with Gasteiger partial charge in [0.05, 0.1) is 0 Å². The number of rotatable bonds is 4. The summed E-state index contributed by atoms with van der Waals surface area (Å²) in [5.74, 6) is 2.89. The van der Waals surface area contributed by atoms with Crippen molar-refractivity contribution in [3.63, 3.8) is 0 Å². The molecule has 0 saturated heterocycles. The van der Waals surface area contributed by atoms with Crippen molar-refractivity contribution in [3.05, 3.63) is 22.4 Å². The first kappa shape index (κ1) is 10.8. The fourth-order valence-electron chi connectivity index (χ4n) is 3.64. The van der Waals surface area contributed by atoms with Gasteiger partial charge in [0.25, 0.3) is 0 Å². The summed E-state index contributed by atoms with van der Waals surface area (Å²) in [4.78, 5) is 0. The van der Waals surface area contributed by atoms with E-state index in [1.54, 1.807) is 11.3 Å². The van der Waals surface area contributed by atoms with Crippen LogP contribution in [0.15, 0.2) is 16.8 Å². The average molecular weight is 235 g/mol. The summed E-state index contributed by atoms with van der Waals surface area (Å²) < 4.78 is 0. The van der Waals surface area contributed by atoms with E-state index < -0.39 is 0 Å². The molecule has 3 rings (SSSR count). The molecular weight excluding hydrogens is 214 g/mol. The van der Waals surface area contributed by atoms with Gasteiger partial charge in [0.2, 0.25) is 0 Å². The molecule has 0 bridgehead atoms. The zero-order chi connectivity index (χ0) is 11.0. The number of aryl methyl sites for hydroxylation is 1. The molecule has 2 aliphatic rings. The van der Waals surface area contributed by atoms with Gasteiger partial charge in [-0.1, -0.05) is 12.8 Å². The van der Waals surface area contributed by atoms with E-state index in [9.17, 15) is 0 Å². The second-order valence-corrected chi connectivity index (χ2v) is 6.30. The predicted octanol–water partition coefficient (Wildman–Crippen LogP) is 3.44. The minimum absolute atomic E-state index is 0.466. The molecule has 16 heavy (non-hydrogen) atoms. The van der Waals surface area contributed by atoms with E-state index in [1.807, 2.05) is 0 Å². The van der Waals surface area contributed by atoms with Crippen LogP contribution in [0.5, 0.6) is 0 Å². The van der Waals surface area contributed by atoms with Crippen molar-refractivity contribution in [2.75, 3.05) is 0 Å². The average Bonchev–Trinajstić information content (AvgIpc) is 2.80. The molecule has 2 aliphatic carbocycles. The van der Waals surface area contributed by atoms with Crippen molar-refractivity contribution in [2.45, 2.75) is 44.6 Å². The quantitative estimate of drug-likeness (QED) is 0.850. The molecule has 3 atom stereocenters. The lowest BCUT2D eigenvalue weighted by Crippen LogP contribution is -2.24. The summed E-state index contributed by atoms with van der Waals surface area (Å²) in [6, 6.07) is 2.70. The summed E-state index contributed by atoms with van der Waals surface area (Å²) in [6.45, 7) is 0. The van der Waals surface area contributed by atoms with Crippen LogP contribution in [0, 0.1) is 17.8 Å². The monoisotopic (exact) mass is 235 g/mol. The number of nitrogens with two attached hydrogens (primary N) is 1. The summed E-state index contributed by atoms with van der Waals surface area (Å²) in [7, 11) is 0. The van der Waals surface area contributed by atoms with E-state index in [0.717, 1.165) is 17.8 Å². The van der Waals surface area contributed by atoms with Gasteiger partial charge in [-0.25, -0.2) is 0 Å². The number of hydrogen-bond acceptors (Lipinski definition) is 2. The molecule has 1 nitrogen and oxygen atoms in total. The van der Waals surface area contributed by atoms with E-state index in [-0.39, 0.29) is 0 Å². The topological polar surface area (TPSA) is 26.0 Å². The highest BCUT2D eigenvalue weighted by atomic mass is 32.1. The molecule has 0 radical (unpaired) electrons. The van der Waals surface area contributed by atoms with E-state index in [2.05, 4.69) is 16.8 Å². The largest absolute Gasteiger partial charge is 0.327 e. The SMILES string of the molecule is NC(CCc1ccsc1)C1C2CCCCC21. The first-order chi connectivity index (χ1) is 7.86. The van der Waals surface area contributed by atoms with Crippen molar-refractivity contribution >= 4 is 11.3 Å². The highest BCUT2D eigenvalue weighted by Gasteiger charge is 2.52. The maximum Gasteiger partial charge on any atom is 0.00758 e. The lowest BCUT2D eigenvalue weighted by atomic mass is 10.0. The standard InChI is InChI=1S/C14H21NS/c15-13(6-5-10-7-8-16-9-10)14-11-3-1-2-4-12(11)14/h7-9,11-14H,1-6,15H2. The maximum atomic E-state index is 6.36. The molecule has 0 aliphatic heterocycles. The zero-order valence-corrected chi connectivity index (χ0v) is 10.6. The fourth-order valence-corrected chi connectivity index (χ4v) is 4.35. The van der Waals surface area contributed by atoms with Gasteiger partial charge in [-0.3, -0.25) is 0 Å². The Morgan fingerprint density at radius 2 is 2.06 bits per heavy atom. The second kappa shape index (κ2) is 4.50. The number of hydrogen-bond donors (Lipinski definition) is 1. The second-order valence-electron chi connectivity index (χ2n) is 5.52. The van der Waals surface area contributed by atoms with Gasteiger partial charge in [-0.05, 0) is 65.8 Å². The first-order valence-corrected chi connectivity index (χ1v) is 7.57. The minimum atomic E-state index is 0.466. The third kappa shape index (κ3) is 2.05. The molecular formula is C14H21NS. The van der Waals surface area contributed by atoms with Crippen molar-refractivity contribution in [1.82, 2.24) is 0 Å². The molecule has 2 saturated carbocycles. The highest BCUT2D eigenvalue weighted by molar-refractivity contribution is 7.07. The lowest BCUT2D eigenvalue weighted by molar-refractivity contribution is 0.480. The summed E-state index contributed by atoms with van der Waals surface area (Å²) in [5.41, 5.74) is 7.83. The first-order valence-electron chi connectivity index (χ1n) is 6.63. The Bertz CT molecular complexity index is 321. The maximum absolute atomic E-state index is 6.36. The lowest BCUT2D eigenvalue weighted by Gasteiger charge is -2.10. The molecule has 0 aromatic carbocycles. The summed E-state index contributed by atoms with van der Waals surface area (Å²) in [5, 5.41) is 4.42. The van der Waals surface area contributed by atoms with Gasteiger partial charge < -0.3 is 5.73 Å². The number of fused-ring (bicyclic) bond motifs is 1. The van der Waals surface area contributed by atoms with Crippen LogP contribution in [0.1, 0.15) is 37.7 Å². The van der Waals surface area contributed by atoms with Crippen molar-refractivity contribution < 1.29 is 0 Å². The Hall–Kier alpha value is -0.340. The van der Waals surface area contributed by atoms with Crippen LogP contribution in [-0.2, 0) is 6.42 Å². The van der Waals surface area contributed by atoms with Gasteiger partial charge >= 0.3 is 0 Å². The zero-order valence-electron chi connectivity index (χ0n) is 9.77. The van der Waals surface area contributed by atoms with Crippen molar-refractivity contribution in [1.29, 1.82) is 0 Å². The fraction of sp³-hybridized carbons (Fsp3) is 0.714. The smallest absolute Gasteiger partial charge is 0.00758 e. The van der Waals surface area contributed by atoms with Crippen LogP contribution in [0.3, 0.4) is 0 Å². The number of thiophene rings is 1. The Labute approximate surface area is 102 Å². The Kier molecular flexibility index (Phi) is 3.03. The van der Waals surface area contributed by atoms with E-state index in [4.69, 9.17) is 5.73 Å². The van der Waals surface area contributed by atoms with Crippen LogP contribution >= 0.6 is 11.3 Å². The Morgan fingerprint density at radius 1 is 1.31 bits per heavy atom. The van der Waals surface area contributed by atoms with Crippen LogP contribution < -0.4 is 5.73 Å². The summed E-state index contributed by atoms with van der Waals surface area (Å²) >= 11 is 1.79. The van der Waals surface area contributed by atoms with Gasteiger partial charge in [0.1, 0.15) is 0 Å². The third-order valence-electron chi connectivity index (χ3n) is 4.56. The van der Waals surface area contributed by atoms with Crippen molar-refractivity contribution in [3.8, 4) is 0 Å². The molecule has 2 N–H and O–H groups in total. The van der Waals surface area contributed by atoms with Gasteiger partial charge in [0.15, 0.2) is 0 Å². The molecule has 2 heteroatoms. The van der Waals surface area contributed by atoms with Crippen LogP contribution in [0.4, 0.5) is 0 Å². The highest BCUT2D eigenvalue weighted by Crippen LogP contribution is 2.57. The molecule has 0 spiro atoms. The molecule has 1 heterocycles. The van der Waals surface area contributed by atoms with Crippen LogP contribution in [-0.4, -0.2) is 6.04 Å². The third-order valence-corrected chi connectivity index (χ3v) is 5.30. The van der Waals surface area contributed by atoms with Crippen molar-refractivity contribution in [2.24, 2.45) is 23.5 Å². The Morgan fingerprint density at radius 3 is 2.69 bits per heavy atom. The van der Waals surface area contributed by atoms with Crippen LogP contribution in [0.2, 0.25) is 0 Å². The van der Waals surface area contributed by atoms with E-state index in [0.29, 0.717) is 6.04 Å². The van der Waals surface area contributed by atoms with Gasteiger partial charge in [0, 0.05) is 6.04 Å². The molecule has 88 valence electrons. The normalized spacial score (nSPS) is 34.4. The molecule has 2 fully saturated rings. The predicted molar refractivity (Wildman–Crippen MR) is 69.6 cm³/mol. The van der Waals surface area contributed by atoms with Gasteiger partial charge in [-0.2, -0.15) is 11.3 Å². The molecule has 1 aromatic rings. The Balaban J connectivity index is 1.49. The minimum Gasteiger partial charge on any atom is -0.327 e. The molecule has 1 aromatic heterocycles. The van der Waals surface area contributed by atoms with Crippen LogP contribution in [0.25, 0.3) is 0 Å². The summed E-state index contributed by atoms with van der Waals surface area (Å²) in [6.07, 6.45) is 8.20. The van der Waals surface area contributed by atoms with E-state index in [1.165, 1.54) is 44.1 Å². The van der Waals surface area contributed by atoms with Gasteiger partial charge in [-0.15, -0.1) is 0 Å².